The molecule has 1 amide bonds. The van der Waals surface area contributed by atoms with E-state index in [9.17, 15) is 19.5 Å². The number of thiophene rings is 1. The predicted molar refractivity (Wildman–Crippen MR) is 155 cm³/mol. The Morgan fingerprint density at radius 1 is 1.15 bits per heavy atom. The summed E-state index contributed by atoms with van der Waals surface area (Å²) in [5.74, 6) is -2.35. The number of amides is 1. The van der Waals surface area contributed by atoms with Crippen molar-refractivity contribution in [3.05, 3.63) is 63.4 Å². The van der Waals surface area contributed by atoms with Crippen LogP contribution in [-0.4, -0.2) is 60.8 Å². The molecule has 0 radical (unpaired) electrons. The molecule has 0 aliphatic carbocycles. The molecule has 4 rings (SSSR count). The largest absolute Gasteiger partial charge is 0.479 e. The highest BCUT2D eigenvalue weighted by Crippen LogP contribution is 2.46. The fourth-order valence-corrected chi connectivity index (χ4v) is 6.53. The zero-order chi connectivity index (χ0) is 28.1. The van der Waals surface area contributed by atoms with E-state index in [4.69, 9.17) is 9.84 Å². The van der Waals surface area contributed by atoms with Crippen molar-refractivity contribution < 1.29 is 29.3 Å². The summed E-state index contributed by atoms with van der Waals surface area (Å²) in [6, 6.07) is 14.8. The Balaban J connectivity index is 1.65. The Kier molecular flexibility index (Phi) is 9.26. The number of aliphatic carboxylic acids is 1. The van der Waals surface area contributed by atoms with E-state index in [1.807, 2.05) is 55.5 Å². The number of halogens is 1. The van der Waals surface area contributed by atoms with Gasteiger partial charge in [0.2, 0.25) is 5.91 Å². The first-order valence-electron chi connectivity index (χ1n) is 12.5. The maximum Gasteiger partial charge on any atom is 0.349 e. The molecule has 1 fully saturated rings. The molecule has 1 aliphatic heterocycles. The SMILES string of the molecule is Cc1cccc(N(C)C(=O)C(Nc2cccc(-c3sc(C(=O)O)c(OCC(=O)O)c3Br)c2)C2CCNCC2)c1. The van der Waals surface area contributed by atoms with Crippen molar-refractivity contribution in [2.45, 2.75) is 25.8 Å². The summed E-state index contributed by atoms with van der Waals surface area (Å²) >= 11 is 4.40. The number of carbonyl (C=O) groups excluding carboxylic acids is 1. The summed E-state index contributed by atoms with van der Waals surface area (Å²) in [5, 5.41) is 25.5. The quantitative estimate of drug-likeness (QED) is 0.248. The standard InChI is InChI=1S/C28H30BrN3O6S/c1-16-5-3-8-20(13-16)32(2)27(35)23(17-9-11-30-12-10-17)31-19-7-4-6-18(14-19)25-22(29)24(38-15-21(33)34)26(39-25)28(36)37/h3-8,13-14,17,23,30-31H,9-12,15H2,1-2H3,(H,33,34)(H,36,37). The average Bonchev–Trinajstić information content (AvgIpc) is 3.26. The third-order valence-electron chi connectivity index (χ3n) is 6.63. The molecule has 1 aromatic heterocycles. The van der Waals surface area contributed by atoms with Gasteiger partial charge in [0.25, 0.3) is 0 Å². The van der Waals surface area contributed by atoms with Gasteiger partial charge in [0, 0.05) is 18.4 Å². The number of ether oxygens (including phenoxy) is 1. The van der Waals surface area contributed by atoms with Crippen molar-refractivity contribution in [2.24, 2.45) is 5.92 Å². The van der Waals surface area contributed by atoms with Crippen LogP contribution in [0.1, 0.15) is 28.1 Å². The van der Waals surface area contributed by atoms with E-state index in [0.717, 1.165) is 48.5 Å². The Bertz CT molecular complexity index is 1370. The van der Waals surface area contributed by atoms with Gasteiger partial charge in [0.05, 0.1) is 9.35 Å². The molecule has 0 bridgehead atoms. The molecule has 0 saturated carbocycles. The number of nitrogens with zero attached hydrogens (tertiary/aromatic N) is 1. The van der Waals surface area contributed by atoms with Gasteiger partial charge in [-0.1, -0.05) is 24.3 Å². The minimum atomic E-state index is -1.21. The van der Waals surface area contributed by atoms with Gasteiger partial charge in [-0.05, 0) is 90.1 Å². The Morgan fingerprint density at radius 3 is 2.54 bits per heavy atom. The number of aryl methyl sites for hydroxylation is 1. The molecule has 206 valence electrons. The van der Waals surface area contributed by atoms with Crippen LogP contribution in [0.4, 0.5) is 11.4 Å². The van der Waals surface area contributed by atoms with E-state index in [0.29, 0.717) is 20.6 Å². The molecule has 4 N–H and O–H groups in total. The topological polar surface area (TPSA) is 128 Å². The molecule has 1 aliphatic rings. The summed E-state index contributed by atoms with van der Waals surface area (Å²) in [4.78, 5) is 38.8. The van der Waals surface area contributed by atoms with Gasteiger partial charge in [0.15, 0.2) is 17.2 Å². The molecule has 2 heterocycles. The molecule has 1 saturated heterocycles. The monoisotopic (exact) mass is 615 g/mol. The van der Waals surface area contributed by atoms with Gasteiger partial charge >= 0.3 is 11.9 Å². The van der Waals surface area contributed by atoms with Crippen LogP contribution in [0.3, 0.4) is 0 Å². The molecule has 2 aromatic carbocycles. The number of carboxylic acid groups (broad SMARTS) is 2. The number of benzene rings is 2. The highest BCUT2D eigenvalue weighted by Gasteiger charge is 2.32. The van der Waals surface area contributed by atoms with Crippen LogP contribution in [-0.2, 0) is 9.59 Å². The number of rotatable bonds is 10. The number of nitrogens with one attached hydrogen (secondary N) is 2. The zero-order valence-corrected chi connectivity index (χ0v) is 24.0. The van der Waals surface area contributed by atoms with Crippen LogP contribution in [0.25, 0.3) is 10.4 Å². The van der Waals surface area contributed by atoms with E-state index < -0.39 is 24.6 Å². The van der Waals surface area contributed by atoms with Crippen molar-refractivity contribution in [3.8, 4) is 16.2 Å². The van der Waals surface area contributed by atoms with Gasteiger partial charge in [-0.3, -0.25) is 4.79 Å². The van der Waals surface area contributed by atoms with Crippen LogP contribution in [0.2, 0.25) is 0 Å². The minimum Gasteiger partial charge on any atom is -0.479 e. The lowest BCUT2D eigenvalue weighted by Crippen LogP contribution is -2.48. The number of carbonyl (C=O) groups is 3. The normalized spacial score (nSPS) is 14.4. The molecule has 0 spiro atoms. The lowest BCUT2D eigenvalue weighted by atomic mass is 9.89. The third kappa shape index (κ3) is 6.78. The van der Waals surface area contributed by atoms with Gasteiger partial charge in [-0.2, -0.15) is 0 Å². The molecule has 1 unspecified atom stereocenters. The first-order valence-corrected chi connectivity index (χ1v) is 14.1. The van der Waals surface area contributed by atoms with Crippen LogP contribution < -0.4 is 20.3 Å². The number of piperidine rings is 1. The summed E-state index contributed by atoms with van der Waals surface area (Å²) in [7, 11) is 1.79. The maximum atomic E-state index is 13.8. The Morgan fingerprint density at radius 2 is 1.87 bits per heavy atom. The van der Waals surface area contributed by atoms with Crippen molar-refractivity contribution in [3.63, 3.8) is 0 Å². The van der Waals surface area contributed by atoms with E-state index in [1.54, 1.807) is 11.9 Å². The van der Waals surface area contributed by atoms with Gasteiger partial charge in [0.1, 0.15) is 6.04 Å². The highest BCUT2D eigenvalue weighted by molar-refractivity contribution is 9.10. The fraction of sp³-hybridized carbons (Fsp3) is 0.321. The Labute approximate surface area is 238 Å². The van der Waals surface area contributed by atoms with Crippen LogP contribution in [0.5, 0.6) is 5.75 Å². The first kappa shape index (κ1) is 28.6. The van der Waals surface area contributed by atoms with Crippen LogP contribution in [0.15, 0.2) is 53.0 Å². The number of carboxylic acids is 2. The molecule has 11 heteroatoms. The maximum absolute atomic E-state index is 13.8. The third-order valence-corrected chi connectivity index (χ3v) is 8.86. The van der Waals surface area contributed by atoms with Crippen LogP contribution in [0, 0.1) is 12.8 Å². The molecular formula is C28H30BrN3O6S. The van der Waals surface area contributed by atoms with E-state index in [-0.39, 0.29) is 22.5 Å². The van der Waals surface area contributed by atoms with Gasteiger partial charge in [-0.15, -0.1) is 11.3 Å². The van der Waals surface area contributed by atoms with E-state index in [1.165, 1.54) is 0 Å². The number of hydrogen-bond acceptors (Lipinski definition) is 7. The van der Waals surface area contributed by atoms with Gasteiger partial charge in [-0.25, -0.2) is 9.59 Å². The van der Waals surface area contributed by atoms with Crippen molar-refractivity contribution >= 4 is 56.5 Å². The van der Waals surface area contributed by atoms with Crippen molar-refractivity contribution in [2.75, 3.05) is 37.0 Å². The second kappa shape index (κ2) is 12.6. The highest BCUT2D eigenvalue weighted by atomic mass is 79.9. The van der Waals surface area contributed by atoms with Gasteiger partial charge < -0.3 is 30.5 Å². The number of hydrogen-bond donors (Lipinski definition) is 4. The molecule has 39 heavy (non-hydrogen) atoms. The average molecular weight is 617 g/mol. The second-order valence-electron chi connectivity index (χ2n) is 9.42. The molecule has 3 aromatic rings. The number of aromatic carboxylic acids is 1. The summed E-state index contributed by atoms with van der Waals surface area (Å²) in [6.45, 7) is 3.00. The predicted octanol–water partition coefficient (Wildman–Crippen LogP) is 5.09. The van der Waals surface area contributed by atoms with Crippen molar-refractivity contribution in [1.82, 2.24) is 5.32 Å². The molecule has 1 atom stereocenters. The Hall–Kier alpha value is -3.41. The second-order valence-corrected chi connectivity index (χ2v) is 11.2. The number of likely N-dealkylation sites (N-methyl/N-ethyl adjacent to an activating group) is 1. The van der Waals surface area contributed by atoms with Crippen LogP contribution >= 0.6 is 27.3 Å². The fourth-order valence-electron chi connectivity index (χ4n) is 4.65. The minimum absolute atomic E-state index is 0.0224. The summed E-state index contributed by atoms with van der Waals surface area (Å²) in [6.07, 6.45) is 1.71. The molecular weight excluding hydrogens is 586 g/mol. The smallest absolute Gasteiger partial charge is 0.349 e. The zero-order valence-electron chi connectivity index (χ0n) is 21.6. The van der Waals surface area contributed by atoms with E-state index >= 15 is 0 Å². The van der Waals surface area contributed by atoms with Crippen molar-refractivity contribution in [1.29, 1.82) is 0 Å². The first-order chi connectivity index (χ1) is 18.7. The lowest BCUT2D eigenvalue weighted by molar-refractivity contribution is -0.139. The van der Waals surface area contributed by atoms with E-state index in [2.05, 4.69) is 26.6 Å². The summed E-state index contributed by atoms with van der Waals surface area (Å²) in [5.41, 5.74) is 3.31. The lowest BCUT2D eigenvalue weighted by Gasteiger charge is -2.34. The number of anilines is 2. The molecule has 9 nitrogen and oxygen atoms in total. The summed E-state index contributed by atoms with van der Waals surface area (Å²) < 4.78 is 5.66.